The molecule has 0 bridgehead atoms. The van der Waals surface area contributed by atoms with Crippen LogP contribution in [-0.4, -0.2) is 24.5 Å². The van der Waals surface area contributed by atoms with Gasteiger partial charge in [0, 0.05) is 12.6 Å². The Balaban J connectivity index is 2.20. The van der Waals surface area contributed by atoms with E-state index < -0.39 is 0 Å². The molecule has 0 aromatic heterocycles. The predicted octanol–water partition coefficient (Wildman–Crippen LogP) is 3.15. The maximum Gasteiger partial charge on any atom is 0.0279 e. The van der Waals surface area contributed by atoms with Crippen LogP contribution in [0.15, 0.2) is 0 Å². The summed E-state index contributed by atoms with van der Waals surface area (Å²) >= 11 is 0. The molecule has 1 nitrogen and oxygen atoms in total. The second-order valence-electron chi connectivity index (χ2n) is 6.60. The molecule has 1 saturated carbocycles. The minimum absolute atomic E-state index is 0.537. The number of rotatable bonds is 1. The molecule has 0 amide bonds. The summed E-state index contributed by atoms with van der Waals surface area (Å²) < 4.78 is 0. The summed E-state index contributed by atoms with van der Waals surface area (Å²) in [6.07, 6.45) is 4.27. The lowest BCUT2D eigenvalue weighted by Crippen LogP contribution is -2.45. The van der Waals surface area contributed by atoms with E-state index in [0.717, 1.165) is 12.0 Å². The van der Waals surface area contributed by atoms with Gasteiger partial charge in [-0.1, -0.05) is 34.1 Å². The van der Waals surface area contributed by atoms with Crippen molar-refractivity contribution in [2.45, 2.75) is 53.0 Å². The molecule has 1 aliphatic carbocycles. The molecule has 1 heterocycles. The third kappa shape index (κ3) is 1.41. The fraction of sp³-hybridized carbons (Fsp3) is 1.00. The lowest BCUT2D eigenvalue weighted by Gasteiger charge is -2.50. The molecule has 2 rings (SSSR count). The number of hydrogen-bond donors (Lipinski definition) is 0. The molecule has 82 valence electrons. The lowest BCUT2D eigenvalue weighted by atomic mass is 9.55. The maximum atomic E-state index is 2.52. The van der Waals surface area contributed by atoms with Crippen LogP contribution >= 0.6 is 0 Å². The van der Waals surface area contributed by atoms with Crippen molar-refractivity contribution in [3.63, 3.8) is 0 Å². The van der Waals surface area contributed by atoms with Crippen LogP contribution in [0.5, 0.6) is 0 Å². The Hall–Kier alpha value is -0.0400. The van der Waals surface area contributed by atoms with Crippen molar-refractivity contribution in [1.82, 2.24) is 4.90 Å². The van der Waals surface area contributed by atoms with Crippen molar-refractivity contribution in [3.8, 4) is 0 Å². The summed E-state index contributed by atoms with van der Waals surface area (Å²) in [5.74, 6) is 0.932. The van der Waals surface area contributed by atoms with E-state index in [1.54, 1.807) is 0 Å². The quantitative estimate of drug-likeness (QED) is 0.581. The van der Waals surface area contributed by atoms with Crippen molar-refractivity contribution in [3.05, 3.63) is 0 Å². The first kappa shape index (κ1) is 10.5. The Morgan fingerprint density at radius 3 is 2.29 bits per heavy atom. The van der Waals surface area contributed by atoms with E-state index in [1.165, 1.54) is 25.8 Å². The van der Waals surface area contributed by atoms with Gasteiger partial charge in [-0.15, -0.1) is 0 Å². The van der Waals surface area contributed by atoms with E-state index in [9.17, 15) is 0 Å². The molecule has 2 fully saturated rings. The largest absolute Gasteiger partial charge is 0.300 e. The van der Waals surface area contributed by atoms with E-state index in [1.807, 2.05) is 0 Å². The van der Waals surface area contributed by atoms with Crippen LogP contribution in [0.4, 0.5) is 0 Å². The topological polar surface area (TPSA) is 3.01 Å². The first-order valence-electron chi connectivity index (χ1n) is 6.07. The molecule has 0 radical (unpaired) electrons. The standard InChI is InChI=1S/C13H25N/c1-10-6-7-12(2,3)13(4,8-10)11-9-14(11)5/h10-11H,6-9H2,1-5H3/t10?,11?,13-,14?/m1/s1. The third-order valence-corrected chi connectivity index (χ3v) is 5.18. The summed E-state index contributed by atoms with van der Waals surface area (Å²) in [5.41, 5.74) is 1.09. The van der Waals surface area contributed by atoms with Gasteiger partial charge in [0.25, 0.3) is 0 Å². The van der Waals surface area contributed by atoms with E-state index in [4.69, 9.17) is 0 Å². The molecule has 0 spiro atoms. The molecule has 0 aromatic carbocycles. The van der Waals surface area contributed by atoms with Crippen LogP contribution in [0, 0.1) is 16.7 Å². The van der Waals surface area contributed by atoms with E-state index in [0.29, 0.717) is 10.8 Å². The molecular formula is C13H25N. The summed E-state index contributed by atoms with van der Waals surface area (Å²) in [4.78, 5) is 2.51. The van der Waals surface area contributed by atoms with Gasteiger partial charge in [-0.25, -0.2) is 0 Å². The SMILES string of the molecule is CC1CCC(C)(C)[C@@](C)(C2CN2C)C1. The van der Waals surface area contributed by atoms with Gasteiger partial charge < -0.3 is 4.90 Å². The van der Waals surface area contributed by atoms with Gasteiger partial charge in [0.1, 0.15) is 0 Å². The van der Waals surface area contributed by atoms with Gasteiger partial charge in [-0.3, -0.25) is 0 Å². The Kier molecular flexibility index (Phi) is 2.23. The monoisotopic (exact) mass is 195 g/mol. The first-order valence-corrected chi connectivity index (χ1v) is 6.07. The fourth-order valence-electron chi connectivity index (χ4n) is 3.50. The molecule has 0 aromatic rings. The second-order valence-corrected chi connectivity index (χ2v) is 6.60. The predicted molar refractivity (Wildman–Crippen MR) is 61.3 cm³/mol. The van der Waals surface area contributed by atoms with Crippen molar-refractivity contribution in [2.75, 3.05) is 13.6 Å². The highest BCUT2D eigenvalue weighted by atomic mass is 15.3. The Morgan fingerprint density at radius 1 is 1.21 bits per heavy atom. The number of likely N-dealkylation sites (N-methyl/N-ethyl adjacent to an activating group) is 1. The smallest absolute Gasteiger partial charge is 0.0279 e. The van der Waals surface area contributed by atoms with Crippen molar-refractivity contribution in [1.29, 1.82) is 0 Å². The van der Waals surface area contributed by atoms with Crippen molar-refractivity contribution in [2.24, 2.45) is 16.7 Å². The zero-order valence-electron chi connectivity index (χ0n) is 10.4. The normalized spacial score (nSPS) is 51.6. The summed E-state index contributed by atoms with van der Waals surface area (Å²) in [6.45, 7) is 11.2. The van der Waals surface area contributed by atoms with Gasteiger partial charge in [0.05, 0.1) is 0 Å². The minimum Gasteiger partial charge on any atom is -0.300 e. The number of nitrogens with zero attached hydrogens (tertiary/aromatic N) is 1. The van der Waals surface area contributed by atoms with Gasteiger partial charge in [-0.2, -0.15) is 0 Å². The van der Waals surface area contributed by atoms with Crippen molar-refractivity contribution < 1.29 is 0 Å². The summed E-state index contributed by atoms with van der Waals surface area (Å²) in [6, 6.07) is 0.861. The average molecular weight is 195 g/mol. The second kappa shape index (κ2) is 2.98. The average Bonchev–Trinajstić information content (AvgIpc) is 2.77. The van der Waals surface area contributed by atoms with Gasteiger partial charge in [-0.05, 0) is 36.6 Å². The molecule has 4 atom stereocenters. The fourth-order valence-corrected chi connectivity index (χ4v) is 3.50. The maximum absolute atomic E-state index is 2.52. The Bertz CT molecular complexity index is 233. The van der Waals surface area contributed by atoms with Crippen LogP contribution < -0.4 is 0 Å². The van der Waals surface area contributed by atoms with Crippen LogP contribution in [0.2, 0.25) is 0 Å². The molecule has 1 aliphatic heterocycles. The zero-order valence-corrected chi connectivity index (χ0v) is 10.4. The minimum atomic E-state index is 0.537. The van der Waals surface area contributed by atoms with E-state index in [-0.39, 0.29) is 0 Å². The molecule has 2 aliphatic rings. The highest BCUT2D eigenvalue weighted by Crippen LogP contribution is 2.57. The van der Waals surface area contributed by atoms with Gasteiger partial charge in [0.2, 0.25) is 0 Å². The van der Waals surface area contributed by atoms with Crippen LogP contribution in [0.1, 0.15) is 47.0 Å². The highest BCUT2D eigenvalue weighted by molar-refractivity contribution is 5.08. The Labute approximate surface area is 88.9 Å². The number of hydrogen-bond acceptors (Lipinski definition) is 1. The van der Waals surface area contributed by atoms with Crippen LogP contribution in [0.3, 0.4) is 0 Å². The molecule has 0 N–H and O–H groups in total. The summed E-state index contributed by atoms with van der Waals surface area (Å²) in [7, 11) is 2.27. The van der Waals surface area contributed by atoms with E-state index in [2.05, 4.69) is 39.6 Å². The van der Waals surface area contributed by atoms with Gasteiger partial charge in [0.15, 0.2) is 0 Å². The van der Waals surface area contributed by atoms with Crippen LogP contribution in [-0.2, 0) is 0 Å². The molecule has 1 saturated heterocycles. The van der Waals surface area contributed by atoms with Gasteiger partial charge >= 0.3 is 0 Å². The highest BCUT2D eigenvalue weighted by Gasteiger charge is 2.55. The summed E-state index contributed by atoms with van der Waals surface area (Å²) in [5, 5.41) is 0. The molecule has 1 heteroatoms. The molecular weight excluding hydrogens is 170 g/mol. The molecule has 3 unspecified atom stereocenters. The van der Waals surface area contributed by atoms with E-state index >= 15 is 0 Å². The Morgan fingerprint density at radius 2 is 1.79 bits per heavy atom. The zero-order chi connectivity index (χ0) is 10.6. The molecule has 14 heavy (non-hydrogen) atoms. The third-order valence-electron chi connectivity index (χ3n) is 5.18. The van der Waals surface area contributed by atoms with Crippen molar-refractivity contribution >= 4 is 0 Å². The lowest BCUT2D eigenvalue weighted by molar-refractivity contribution is -0.00116. The van der Waals surface area contributed by atoms with Crippen LogP contribution in [0.25, 0.3) is 0 Å². The first-order chi connectivity index (χ1) is 6.37.